The third-order valence-electron chi connectivity index (χ3n) is 3.30. The Kier molecular flexibility index (Phi) is 2.81. The lowest BCUT2D eigenvalue weighted by Crippen LogP contribution is -2.07. The van der Waals surface area contributed by atoms with E-state index >= 15 is 0 Å². The molecule has 0 radical (unpaired) electrons. The molecule has 4 nitrogen and oxygen atoms in total. The van der Waals surface area contributed by atoms with Gasteiger partial charge in [-0.1, -0.05) is 31.9 Å². The first-order valence-corrected chi connectivity index (χ1v) is 6.44. The highest BCUT2D eigenvalue weighted by Crippen LogP contribution is 2.28. The van der Waals surface area contributed by atoms with Gasteiger partial charge in [-0.05, 0) is 18.6 Å². The van der Waals surface area contributed by atoms with Crippen molar-refractivity contribution < 1.29 is 0 Å². The Balaban J connectivity index is 1.66. The normalized spacial score (nSPS) is 23.1. The van der Waals surface area contributed by atoms with Crippen molar-refractivity contribution in [1.82, 2.24) is 19.9 Å². The monoisotopic (exact) mass is 230 g/mol. The number of benzene rings is 1. The van der Waals surface area contributed by atoms with Crippen LogP contribution in [0.2, 0.25) is 0 Å². The van der Waals surface area contributed by atoms with Crippen molar-refractivity contribution in [1.29, 1.82) is 0 Å². The van der Waals surface area contributed by atoms with Crippen molar-refractivity contribution in [3.63, 3.8) is 0 Å². The Morgan fingerprint density at radius 1 is 1.18 bits per heavy atom. The lowest BCUT2D eigenvalue weighted by molar-refractivity contribution is 0.391. The van der Waals surface area contributed by atoms with Gasteiger partial charge in [-0.2, -0.15) is 15.0 Å². The van der Waals surface area contributed by atoms with Crippen LogP contribution in [0, 0.1) is 0 Å². The van der Waals surface area contributed by atoms with Crippen LogP contribution < -0.4 is 0 Å². The predicted octanol–water partition coefficient (Wildman–Crippen LogP) is 2.44. The third kappa shape index (κ3) is 2.17. The maximum absolute atomic E-state index is 4.52. The Bertz CT molecular complexity index is 472. The van der Waals surface area contributed by atoms with Crippen LogP contribution in [0.1, 0.15) is 32.4 Å². The largest absolute Gasteiger partial charge is 0.276 e. The van der Waals surface area contributed by atoms with E-state index in [0.29, 0.717) is 6.17 Å². The molecule has 0 spiro atoms. The Morgan fingerprint density at radius 2 is 1.88 bits per heavy atom. The minimum Gasteiger partial charge on any atom is -0.276 e. The molecule has 90 valence electrons. The van der Waals surface area contributed by atoms with Gasteiger partial charge in [0.1, 0.15) is 17.2 Å². The van der Waals surface area contributed by atoms with Crippen molar-refractivity contribution in [2.24, 2.45) is 0 Å². The summed E-state index contributed by atoms with van der Waals surface area (Å²) in [7, 11) is 0. The van der Waals surface area contributed by atoms with Crippen molar-refractivity contribution >= 4 is 11.0 Å². The number of rotatable bonds is 5. The van der Waals surface area contributed by atoms with Crippen molar-refractivity contribution in [2.75, 3.05) is 13.1 Å². The molecule has 2 heterocycles. The fourth-order valence-corrected chi connectivity index (χ4v) is 2.20. The van der Waals surface area contributed by atoms with Crippen LogP contribution in [0.5, 0.6) is 0 Å². The molecule has 0 saturated carbocycles. The van der Waals surface area contributed by atoms with E-state index in [9.17, 15) is 0 Å². The van der Waals surface area contributed by atoms with E-state index in [1.807, 2.05) is 29.1 Å². The minimum absolute atomic E-state index is 0.402. The SMILES string of the molecule is CCCCCN1CC1n1nc2ccccc2n1. The molecule has 1 aliphatic heterocycles. The minimum atomic E-state index is 0.402. The second-order valence-electron chi connectivity index (χ2n) is 4.69. The van der Waals surface area contributed by atoms with Crippen LogP contribution >= 0.6 is 0 Å². The summed E-state index contributed by atoms with van der Waals surface area (Å²) in [5, 5.41) is 9.03. The van der Waals surface area contributed by atoms with Gasteiger partial charge in [0.15, 0.2) is 0 Å². The molecule has 4 heteroatoms. The molecule has 3 rings (SSSR count). The van der Waals surface area contributed by atoms with E-state index < -0.39 is 0 Å². The number of unbranched alkanes of at least 4 members (excludes halogenated alkanes) is 2. The van der Waals surface area contributed by atoms with Crippen LogP contribution in [-0.2, 0) is 0 Å². The van der Waals surface area contributed by atoms with Gasteiger partial charge in [0, 0.05) is 13.1 Å². The van der Waals surface area contributed by atoms with E-state index in [-0.39, 0.29) is 0 Å². The predicted molar refractivity (Wildman–Crippen MR) is 67.7 cm³/mol. The molecular weight excluding hydrogens is 212 g/mol. The van der Waals surface area contributed by atoms with Gasteiger partial charge in [0.25, 0.3) is 0 Å². The van der Waals surface area contributed by atoms with Crippen LogP contribution in [0.3, 0.4) is 0 Å². The first-order chi connectivity index (χ1) is 8.38. The second kappa shape index (κ2) is 4.45. The zero-order valence-electron chi connectivity index (χ0n) is 10.2. The summed E-state index contributed by atoms with van der Waals surface area (Å²) in [6.45, 7) is 4.52. The number of nitrogens with zero attached hydrogens (tertiary/aromatic N) is 4. The van der Waals surface area contributed by atoms with Gasteiger partial charge in [-0.25, -0.2) is 0 Å². The second-order valence-corrected chi connectivity index (χ2v) is 4.69. The van der Waals surface area contributed by atoms with Gasteiger partial charge in [-0.3, -0.25) is 4.90 Å². The highest BCUT2D eigenvalue weighted by atomic mass is 15.6. The summed E-state index contributed by atoms with van der Waals surface area (Å²) in [6.07, 6.45) is 4.28. The summed E-state index contributed by atoms with van der Waals surface area (Å²) in [4.78, 5) is 4.30. The summed E-state index contributed by atoms with van der Waals surface area (Å²) >= 11 is 0. The van der Waals surface area contributed by atoms with E-state index in [1.165, 1.54) is 25.8 Å². The van der Waals surface area contributed by atoms with Gasteiger partial charge in [0.05, 0.1) is 0 Å². The smallest absolute Gasteiger partial charge is 0.137 e. The molecule has 0 N–H and O–H groups in total. The first-order valence-electron chi connectivity index (χ1n) is 6.44. The Morgan fingerprint density at radius 3 is 2.53 bits per heavy atom. The highest BCUT2D eigenvalue weighted by Gasteiger charge is 2.36. The van der Waals surface area contributed by atoms with Crippen molar-refractivity contribution in [3.05, 3.63) is 24.3 Å². The van der Waals surface area contributed by atoms with Gasteiger partial charge in [0.2, 0.25) is 0 Å². The molecule has 1 saturated heterocycles. The summed E-state index contributed by atoms with van der Waals surface area (Å²) in [5.74, 6) is 0. The third-order valence-corrected chi connectivity index (χ3v) is 3.30. The number of aromatic nitrogens is 3. The lowest BCUT2D eigenvalue weighted by atomic mass is 10.2. The van der Waals surface area contributed by atoms with Crippen molar-refractivity contribution in [2.45, 2.75) is 32.4 Å². The average Bonchev–Trinajstić information content (AvgIpc) is 2.99. The molecule has 1 aromatic carbocycles. The molecule has 17 heavy (non-hydrogen) atoms. The van der Waals surface area contributed by atoms with E-state index in [4.69, 9.17) is 0 Å². The molecule has 2 atom stereocenters. The van der Waals surface area contributed by atoms with Crippen LogP contribution in [0.15, 0.2) is 24.3 Å². The standard InChI is InChI=1S/C13H18N4/c1-2-3-6-9-16-10-13(16)17-14-11-7-4-5-8-12(11)15-17/h4-5,7-8,13H,2-3,6,9-10H2,1H3. The highest BCUT2D eigenvalue weighted by molar-refractivity contribution is 5.73. The quantitative estimate of drug-likeness (QED) is 0.584. The lowest BCUT2D eigenvalue weighted by Gasteiger charge is -2.01. The topological polar surface area (TPSA) is 33.7 Å². The zero-order chi connectivity index (χ0) is 11.7. The molecule has 1 aromatic heterocycles. The molecule has 0 bridgehead atoms. The van der Waals surface area contributed by atoms with Crippen LogP contribution in [-0.4, -0.2) is 33.0 Å². The molecule has 1 fully saturated rings. The molecule has 0 amide bonds. The van der Waals surface area contributed by atoms with Gasteiger partial charge in [-0.15, -0.1) is 0 Å². The average molecular weight is 230 g/mol. The number of hydrogen-bond acceptors (Lipinski definition) is 3. The molecule has 2 aromatic rings. The van der Waals surface area contributed by atoms with E-state index in [0.717, 1.165) is 17.6 Å². The summed E-state index contributed by atoms with van der Waals surface area (Å²) in [5.41, 5.74) is 1.99. The Hall–Kier alpha value is -1.42. The van der Waals surface area contributed by atoms with Gasteiger partial charge >= 0.3 is 0 Å². The van der Waals surface area contributed by atoms with Crippen LogP contribution in [0.4, 0.5) is 0 Å². The maximum atomic E-state index is 4.52. The van der Waals surface area contributed by atoms with E-state index in [1.54, 1.807) is 0 Å². The molecular formula is C13H18N4. The van der Waals surface area contributed by atoms with E-state index in [2.05, 4.69) is 22.0 Å². The molecule has 2 unspecified atom stereocenters. The summed E-state index contributed by atoms with van der Waals surface area (Å²) < 4.78 is 0. The maximum Gasteiger partial charge on any atom is 0.137 e. The number of fused-ring (bicyclic) bond motifs is 1. The van der Waals surface area contributed by atoms with Gasteiger partial charge < -0.3 is 0 Å². The molecule has 1 aliphatic rings. The zero-order valence-corrected chi connectivity index (χ0v) is 10.2. The summed E-state index contributed by atoms with van der Waals surface area (Å²) in [6, 6.07) is 8.05. The van der Waals surface area contributed by atoms with Crippen LogP contribution in [0.25, 0.3) is 11.0 Å². The molecule has 0 aliphatic carbocycles. The fraction of sp³-hybridized carbons (Fsp3) is 0.538. The van der Waals surface area contributed by atoms with Crippen molar-refractivity contribution in [3.8, 4) is 0 Å². The first kappa shape index (κ1) is 10.7. The number of hydrogen-bond donors (Lipinski definition) is 0. The fourth-order valence-electron chi connectivity index (χ4n) is 2.20. The Labute approximate surface area is 101 Å².